The van der Waals surface area contributed by atoms with Crippen LogP contribution in [-0.2, 0) is 13.6 Å². The molecule has 1 aliphatic heterocycles. The number of nitrogens with zero attached hydrogens (tertiary/aromatic N) is 3. The van der Waals surface area contributed by atoms with Crippen LogP contribution in [0.2, 0.25) is 0 Å². The first kappa shape index (κ1) is 18.6. The van der Waals surface area contributed by atoms with Crippen molar-refractivity contribution in [3.8, 4) is 0 Å². The molecule has 0 spiro atoms. The van der Waals surface area contributed by atoms with Crippen molar-refractivity contribution in [2.75, 3.05) is 4.90 Å². The summed E-state index contributed by atoms with van der Waals surface area (Å²) in [6.07, 6.45) is 0. The molecule has 1 N–H and O–H groups in total. The molecule has 7 nitrogen and oxygen atoms in total. The van der Waals surface area contributed by atoms with Crippen LogP contribution in [0.3, 0.4) is 0 Å². The van der Waals surface area contributed by atoms with Gasteiger partial charge in [-0.05, 0) is 44.2 Å². The van der Waals surface area contributed by atoms with Gasteiger partial charge in [-0.2, -0.15) is 5.10 Å². The normalized spacial score (nSPS) is 13.0. The molecule has 146 valence electrons. The van der Waals surface area contributed by atoms with E-state index in [-0.39, 0.29) is 17.7 Å². The highest BCUT2D eigenvalue weighted by Gasteiger charge is 2.36. The first-order valence-corrected chi connectivity index (χ1v) is 9.23. The van der Waals surface area contributed by atoms with E-state index in [4.69, 9.17) is 0 Å². The molecule has 3 aromatic rings. The summed E-state index contributed by atoms with van der Waals surface area (Å²) >= 11 is 0. The predicted molar refractivity (Wildman–Crippen MR) is 108 cm³/mol. The number of anilines is 1. The largest absolute Gasteiger partial charge is 0.348 e. The molecular formula is C22H20N4O3. The molecule has 4 rings (SSSR count). The number of imide groups is 1. The van der Waals surface area contributed by atoms with Gasteiger partial charge >= 0.3 is 0 Å². The zero-order chi connectivity index (χ0) is 20.7. The molecule has 1 aromatic heterocycles. The Hall–Kier alpha value is -3.74. The fourth-order valence-electron chi connectivity index (χ4n) is 3.55. The van der Waals surface area contributed by atoms with E-state index in [9.17, 15) is 14.4 Å². The third-order valence-corrected chi connectivity index (χ3v) is 5.25. The van der Waals surface area contributed by atoms with Gasteiger partial charge in [-0.3, -0.25) is 19.1 Å². The Morgan fingerprint density at radius 3 is 2.24 bits per heavy atom. The number of carbonyl (C=O) groups excluding carboxylic acids is 3. The Labute approximate surface area is 167 Å². The minimum atomic E-state index is -0.384. The third-order valence-electron chi connectivity index (χ3n) is 5.25. The van der Waals surface area contributed by atoms with Crippen LogP contribution in [0.15, 0.2) is 48.5 Å². The van der Waals surface area contributed by atoms with Crippen molar-refractivity contribution in [2.45, 2.75) is 20.4 Å². The molecular weight excluding hydrogens is 368 g/mol. The first-order valence-electron chi connectivity index (χ1n) is 9.23. The smallest absolute Gasteiger partial charge is 0.266 e. The van der Waals surface area contributed by atoms with Gasteiger partial charge in [0.15, 0.2) is 0 Å². The molecule has 2 heterocycles. The van der Waals surface area contributed by atoms with Gasteiger partial charge in [-0.1, -0.05) is 18.2 Å². The number of aromatic nitrogens is 2. The minimum Gasteiger partial charge on any atom is -0.348 e. The number of rotatable bonds is 4. The Morgan fingerprint density at radius 2 is 1.66 bits per heavy atom. The van der Waals surface area contributed by atoms with Crippen LogP contribution in [-0.4, -0.2) is 27.5 Å². The average molecular weight is 388 g/mol. The molecule has 0 fully saturated rings. The fraction of sp³-hybridized carbons (Fsp3) is 0.182. The quantitative estimate of drug-likeness (QED) is 0.697. The highest BCUT2D eigenvalue weighted by molar-refractivity contribution is 6.34. The van der Waals surface area contributed by atoms with Crippen molar-refractivity contribution in [1.82, 2.24) is 15.1 Å². The van der Waals surface area contributed by atoms with Gasteiger partial charge in [-0.25, -0.2) is 4.90 Å². The van der Waals surface area contributed by atoms with Crippen LogP contribution in [0.1, 0.15) is 48.0 Å². The molecule has 0 saturated heterocycles. The lowest BCUT2D eigenvalue weighted by molar-refractivity contribution is 0.0919. The molecule has 0 radical (unpaired) electrons. The first-order chi connectivity index (χ1) is 13.9. The molecule has 0 saturated carbocycles. The lowest BCUT2D eigenvalue weighted by atomic mass is 10.1. The van der Waals surface area contributed by atoms with Crippen LogP contribution >= 0.6 is 0 Å². The topological polar surface area (TPSA) is 84.3 Å². The highest BCUT2D eigenvalue weighted by Crippen LogP contribution is 2.28. The Kier molecular flexibility index (Phi) is 4.50. The van der Waals surface area contributed by atoms with Crippen molar-refractivity contribution in [3.05, 3.63) is 82.2 Å². The zero-order valence-corrected chi connectivity index (χ0v) is 16.4. The predicted octanol–water partition coefficient (Wildman–Crippen LogP) is 2.77. The van der Waals surface area contributed by atoms with Crippen LogP contribution in [0.25, 0.3) is 0 Å². The van der Waals surface area contributed by atoms with Gasteiger partial charge in [0.2, 0.25) is 0 Å². The summed E-state index contributed by atoms with van der Waals surface area (Å²) in [6, 6.07) is 13.2. The highest BCUT2D eigenvalue weighted by atomic mass is 16.2. The maximum Gasteiger partial charge on any atom is 0.266 e. The van der Waals surface area contributed by atoms with Crippen LogP contribution < -0.4 is 10.2 Å². The van der Waals surface area contributed by atoms with Crippen LogP contribution in [0.5, 0.6) is 0 Å². The van der Waals surface area contributed by atoms with E-state index in [1.807, 2.05) is 20.9 Å². The molecule has 0 bridgehead atoms. The van der Waals surface area contributed by atoms with E-state index < -0.39 is 0 Å². The SMILES string of the molecule is Cc1nn(C)c(C)c1CNC(=O)c1cccc(N2C(=O)c3ccccc3C2=O)c1. The van der Waals surface area contributed by atoms with E-state index in [1.165, 1.54) is 0 Å². The fourth-order valence-corrected chi connectivity index (χ4v) is 3.55. The van der Waals surface area contributed by atoms with E-state index in [0.717, 1.165) is 21.9 Å². The summed E-state index contributed by atoms with van der Waals surface area (Å²) in [4.78, 5) is 39.1. The maximum atomic E-state index is 12.7. The monoisotopic (exact) mass is 388 g/mol. The Bertz CT molecular complexity index is 1130. The maximum absolute atomic E-state index is 12.7. The van der Waals surface area contributed by atoms with Gasteiger partial charge in [-0.15, -0.1) is 0 Å². The van der Waals surface area contributed by atoms with Gasteiger partial charge in [0.25, 0.3) is 17.7 Å². The van der Waals surface area contributed by atoms with E-state index in [2.05, 4.69) is 10.4 Å². The number of hydrogen-bond donors (Lipinski definition) is 1. The molecule has 0 atom stereocenters. The second-order valence-corrected chi connectivity index (χ2v) is 7.00. The Balaban J connectivity index is 1.56. The van der Waals surface area contributed by atoms with Crippen LogP contribution in [0.4, 0.5) is 5.69 Å². The zero-order valence-electron chi connectivity index (χ0n) is 16.4. The van der Waals surface area contributed by atoms with Crippen molar-refractivity contribution in [3.63, 3.8) is 0 Å². The van der Waals surface area contributed by atoms with Crippen molar-refractivity contribution < 1.29 is 14.4 Å². The Morgan fingerprint density at radius 1 is 1.00 bits per heavy atom. The minimum absolute atomic E-state index is 0.286. The molecule has 0 unspecified atom stereocenters. The molecule has 2 aromatic carbocycles. The molecule has 7 heteroatoms. The lowest BCUT2D eigenvalue weighted by Crippen LogP contribution is -2.30. The third kappa shape index (κ3) is 3.10. The number of aryl methyl sites for hydroxylation is 2. The summed E-state index contributed by atoms with van der Waals surface area (Å²) in [6.45, 7) is 4.20. The summed E-state index contributed by atoms with van der Waals surface area (Å²) in [7, 11) is 1.86. The number of fused-ring (bicyclic) bond motifs is 1. The molecule has 3 amide bonds. The second-order valence-electron chi connectivity index (χ2n) is 7.00. The molecule has 29 heavy (non-hydrogen) atoms. The van der Waals surface area contributed by atoms with Gasteiger partial charge in [0.1, 0.15) is 0 Å². The number of nitrogens with one attached hydrogen (secondary N) is 1. The second kappa shape index (κ2) is 7.01. The molecule has 1 aliphatic rings. The number of carbonyl (C=O) groups is 3. The number of amides is 3. The molecule has 0 aliphatic carbocycles. The number of hydrogen-bond acceptors (Lipinski definition) is 4. The summed E-state index contributed by atoms with van der Waals surface area (Å²) < 4.78 is 1.78. The van der Waals surface area contributed by atoms with E-state index in [1.54, 1.807) is 53.2 Å². The van der Waals surface area contributed by atoms with Gasteiger partial charge < -0.3 is 5.32 Å². The summed E-state index contributed by atoms with van der Waals surface area (Å²) in [5, 5.41) is 7.23. The lowest BCUT2D eigenvalue weighted by Gasteiger charge is -2.15. The van der Waals surface area contributed by atoms with E-state index in [0.29, 0.717) is 28.9 Å². The number of benzene rings is 2. The summed E-state index contributed by atoms with van der Waals surface area (Å²) in [5.41, 5.74) is 4.31. The van der Waals surface area contributed by atoms with E-state index >= 15 is 0 Å². The average Bonchev–Trinajstić information content (AvgIpc) is 3.12. The van der Waals surface area contributed by atoms with Crippen molar-refractivity contribution in [1.29, 1.82) is 0 Å². The van der Waals surface area contributed by atoms with Crippen LogP contribution in [0, 0.1) is 13.8 Å². The van der Waals surface area contributed by atoms with Gasteiger partial charge in [0, 0.05) is 30.4 Å². The standard InChI is InChI=1S/C22H20N4O3/c1-13-19(14(2)25(3)24-13)12-23-20(27)15-7-6-8-16(11-15)26-21(28)17-9-4-5-10-18(17)22(26)29/h4-11H,12H2,1-3H3,(H,23,27). The van der Waals surface area contributed by atoms with Crippen molar-refractivity contribution in [2.24, 2.45) is 7.05 Å². The summed E-state index contributed by atoms with van der Waals surface area (Å²) in [5.74, 6) is -1.05. The van der Waals surface area contributed by atoms with Crippen molar-refractivity contribution >= 4 is 23.4 Å². The van der Waals surface area contributed by atoms with Gasteiger partial charge in [0.05, 0.1) is 22.5 Å².